The van der Waals surface area contributed by atoms with Gasteiger partial charge in [-0.2, -0.15) is 13.2 Å². The van der Waals surface area contributed by atoms with Gasteiger partial charge in [-0.15, -0.1) is 0 Å². The summed E-state index contributed by atoms with van der Waals surface area (Å²) in [5.41, 5.74) is -0.556. The highest BCUT2D eigenvalue weighted by Crippen LogP contribution is 2.39. The van der Waals surface area contributed by atoms with Crippen LogP contribution in [0.2, 0.25) is 5.02 Å². The van der Waals surface area contributed by atoms with Crippen molar-refractivity contribution < 1.29 is 18.3 Å². The van der Waals surface area contributed by atoms with Crippen LogP contribution in [0.15, 0.2) is 36.5 Å². The number of aromatic nitrogens is 1. The van der Waals surface area contributed by atoms with E-state index in [1.54, 1.807) is 0 Å². The summed E-state index contributed by atoms with van der Waals surface area (Å²) in [4.78, 5) is 3.89. The molecule has 2 rings (SSSR count). The van der Waals surface area contributed by atoms with Gasteiger partial charge in [-0.25, -0.2) is 0 Å². The summed E-state index contributed by atoms with van der Waals surface area (Å²) < 4.78 is 38.8. The molecule has 2 nitrogen and oxygen atoms in total. The Morgan fingerprint density at radius 1 is 1.16 bits per heavy atom. The Bertz CT molecular complexity index is 599. The Morgan fingerprint density at radius 2 is 1.84 bits per heavy atom. The summed E-state index contributed by atoms with van der Waals surface area (Å²) in [6, 6.07) is 6.52. The molecule has 0 spiro atoms. The monoisotopic (exact) mass is 287 g/mol. The molecule has 1 aromatic heterocycles. The van der Waals surface area contributed by atoms with Crippen molar-refractivity contribution in [2.45, 2.75) is 12.8 Å². The van der Waals surface area contributed by atoms with E-state index in [0.29, 0.717) is 5.56 Å². The van der Waals surface area contributed by atoms with Crippen LogP contribution in [0.25, 0.3) is 11.3 Å². The number of hydrogen-bond donors (Lipinski definition) is 1. The highest BCUT2D eigenvalue weighted by atomic mass is 35.5. The van der Waals surface area contributed by atoms with E-state index < -0.39 is 11.7 Å². The number of benzene rings is 1. The van der Waals surface area contributed by atoms with Crippen molar-refractivity contribution in [3.63, 3.8) is 0 Å². The van der Waals surface area contributed by atoms with Crippen molar-refractivity contribution in [3.8, 4) is 11.3 Å². The van der Waals surface area contributed by atoms with Gasteiger partial charge in [-0.05, 0) is 17.7 Å². The molecule has 0 unspecified atom stereocenters. The molecule has 0 aliphatic rings. The molecule has 1 aromatic carbocycles. The molecule has 2 aromatic rings. The van der Waals surface area contributed by atoms with Crippen LogP contribution in [-0.4, -0.2) is 10.1 Å². The fourth-order valence-corrected chi connectivity index (χ4v) is 2.00. The summed E-state index contributed by atoms with van der Waals surface area (Å²) in [5, 5.41) is 9.11. The first-order valence-corrected chi connectivity index (χ1v) is 5.73. The number of hydrogen-bond acceptors (Lipinski definition) is 2. The first-order valence-electron chi connectivity index (χ1n) is 5.36. The second-order valence-electron chi connectivity index (χ2n) is 3.83. The Hall–Kier alpha value is -1.59. The van der Waals surface area contributed by atoms with E-state index in [0.717, 1.165) is 6.07 Å². The SMILES string of the molecule is OCc1ccnc(-c2ccccc2C(F)(F)F)c1Cl. The molecular formula is C13H9ClF3NO. The van der Waals surface area contributed by atoms with Gasteiger partial charge in [0.05, 0.1) is 22.9 Å². The molecule has 6 heteroatoms. The molecule has 19 heavy (non-hydrogen) atoms. The lowest BCUT2D eigenvalue weighted by atomic mass is 10.0. The quantitative estimate of drug-likeness (QED) is 0.908. The van der Waals surface area contributed by atoms with Crippen LogP contribution >= 0.6 is 11.6 Å². The molecule has 0 radical (unpaired) electrons. The summed E-state index contributed by atoms with van der Waals surface area (Å²) in [6.45, 7) is -0.359. The smallest absolute Gasteiger partial charge is 0.392 e. The number of aliphatic hydroxyl groups is 1. The minimum absolute atomic E-state index is 0.0149. The molecule has 1 N–H and O–H groups in total. The van der Waals surface area contributed by atoms with Crippen molar-refractivity contribution >= 4 is 11.6 Å². The van der Waals surface area contributed by atoms with Crippen LogP contribution in [-0.2, 0) is 12.8 Å². The number of halogens is 4. The fraction of sp³-hybridized carbons (Fsp3) is 0.154. The van der Waals surface area contributed by atoms with Gasteiger partial charge >= 0.3 is 6.18 Å². The van der Waals surface area contributed by atoms with Crippen molar-refractivity contribution in [2.24, 2.45) is 0 Å². The van der Waals surface area contributed by atoms with E-state index in [1.807, 2.05) is 0 Å². The second kappa shape index (κ2) is 5.19. The van der Waals surface area contributed by atoms with Crippen molar-refractivity contribution in [1.82, 2.24) is 4.98 Å². The summed E-state index contributed by atoms with van der Waals surface area (Å²) in [6.07, 6.45) is -3.17. The largest absolute Gasteiger partial charge is 0.417 e. The van der Waals surface area contributed by atoms with E-state index >= 15 is 0 Å². The first-order chi connectivity index (χ1) is 8.95. The standard InChI is InChI=1S/C13H9ClF3NO/c14-11-8(7-19)5-6-18-12(11)9-3-1-2-4-10(9)13(15,16)17/h1-6,19H,7H2. The van der Waals surface area contributed by atoms with Gasteiger partial charge in [-0.3, -0.25) is 4.98 Å². The van der Waals surface area contributed by atoms with E-state index in [9.17, 15) is 13.2 Å². The van der Waals surface area contributed by atoms with Gasteiger partial charge in [0.2, 0.25) is 0 Å². The molecule has 0 saturated carbocycles. The molecular weight excluding hydrogens is 279 g/mol. The average molecular weight is 288 g/mol. The highest BCUT2D eigenvalue weighted by Gasteiger charge is 2.34. The lowest BCUT2D eigenvalue weighted by molar-refractivity contribution is -0.137. The maximum absolute atomic E-state index is 12.9. The predicted molar refractivity (Wildman–Crippen MR) is 65.6 cm³/mol. The Morgan fingerprint density at radius 3 is 2.47 bits per heavy atom. The lowest BCUT2D eigenvalue weighted by Crippen LogP contribution is -2.07. The molecule has 100 valence electrons. The Kier molecular flexibility index (Phi) is 3.78. The molecule has 0 atom stereocenters. The van der Waals surface area contributed by atoms with Crippen LogP contribution < -0.4 is 0 Å². The van der Waals surface area contributed by atoms with Gasteiger partial charge in [0.25, 0.3) is 0 Å². The summed E-state index contributed by atoms with van der Waals surface area (Å²) in [5.74, 6) is 0. The third-order valence-electron chi connectivity index (χ3n) is 2.63. The van der Waals surface area contributed by atoms with Crippen LogP contribution in [0.5, 0.6) is 0 Å². The summed E-state index contributed by atoms with van der Waals surface area (Å²) >= 11 is 5.98. The normalized spacial score (nSPS) is 11.6. The number of nitrogens with zero attached hydrogens (tertiary/aromatic N) is 1. The van der Waals surface area contributed by atoms with Gasteiger partial charge in [0.15, 0.2) is 0 Å². The van der Waals surface area contributed by atoms with Crippen LogP contribution in [0.1, 0.15) is 11.1 Å². The topological polar surface area (TPSA) is 33.1 Å². The zero-order chi connectivity index (χ0) is 14.0. The van der Waals surface area contributed by atoms with Gasteiger partial charge in [-0.1, -0.05) is 29.8 Å². The Balaban J connectivity index is 2.67. The van der Waals surface area contributed by atoms with Gasteiger partial charge < -0.3 is 5.11 Å². The molecule has 0 aliphatic heterocycles. The minimum atomic E-state index is -4.49. The van der Waals surface area contributed by atoms with Crippen molar-refractivity contribution in [3.05, 3.63) is 52.7 Å². The maximum atomic E-state index is 12.9. The third-order valence-corrected chi connectivity index (χ3v) is 3.05. The molecule has 0 amide bonds. The van der Waals surface area contributed by atoms with Gasteiger partial charge in [0, 0.05) is 11.8 Å². The minimum Gasteiger partial charge on any atom is -0.392 e. The van der Waals surface area contributed by atoms with E-state index in [1.165, 1.54) is 30.5 Å². The van der Waals surface area contributed by atoms with Crippen molar-refractivity contribution in [1.29, 1.82) is 0 Å². The van der Waals surface area contributed by atoms with E-state index in [4.69, 9.17) is 16.7 Å². The summed E-state index contributed by atoms with van der Waals surface area (Å²) in [7, 11) is 0. The fourth-order valence-electron chi connectivity index (χ4n) is 1.73. The molecule has 0 fully saturated rings. The molecule has 1 heterocycles. The molecule has 0 saturated heterocycles. The zero-order valence-corrected chi connectivity index (χ0v) is 10.3. The van der Waals surface area contributed by atoms with Crippen LogP contribution in [0.4, 0.5) is 13.2 Å². The van der Waals surface area contributed by atoms with Crippen molar-refractivity contribution in [2.75, 3.05) is 0 Å². The number of pyridine rings is 1. The highest BCUT2D eigenvalue weighted by molar-refractivity contribution is 6.33. The maximum Gasteiger partial charge on any atom is 0.417 e. The average Bonchev–Trinajstić information content (AvgIpc) is 2.38. The van der Waals surface area contributed by atoms with Crippen LogP contribution in [0.3, 0.4) is 0 Å². The zero-order valence-electron chi connectivity index (χ0n) is 9.58. The van der Waals surface area contributed by atoms with E-state index in [2.05, 4.69) is 4.98 Å². The second-order valence-corrected chi connectivity index (χ2v) is 4.21. The molecule has 0 bridgehead atoms. The molecule has 0 aliphatic carbocycles. The third kappa shape index (κ3) is 2.72. The Labute approximate surface area is 112 Å². The first kappa shape index (κ1) is 13.8. The van der Waals surface area contributed by atoms with Gasteiger partial charge in [0.1, 0.15) is 0 Å². The predicted octanol–water partition coefficient (Wildman–Crippen LogP) is 3.91. The number of aliphatic hydroxyl groups excluding tert-OH is 1. The number of alkyl halides is 3. The van der Waals surface area contributed by atoms with Crippen LogP contribution in [0, 0.1) is 0 Å². The van der Waals surface area contributed by atoms with E-state index in [-0.39, 0.29) is 22.9 Å². The lowest BCUT2D eigenvalue weighted by Gasteiger charge is -2.14. The number of rotatable bonds is 2.